The van der Waals surface area contributed by atoms with Crippen LogP contribution in [-0.2, 0) is 0 Å². The molecule has 0 radical (unpaired) electrons. The molecule has 4 heteroatoms. The first-order chi connectivity index (χ1) is 8.79. The van der Waals surface area contributed by atoms with Crippen LogP contribution in [0, 0.1) is 5.92 Å². The minimum Gasteiger partial charge on any atom is -0.394 e. The average Bonchev–Trinajstić information content (AvgIpc) is 2.79. The standard InChI is InChI=1S/C14H17N3O/c1-10-6-7-17(13(10)9-18)14-8-15-11-4-2-3-5-12(11)16-14/h2-5,8,10,13,18H,6-7,9H2,1H3. The van der Waals surface area contributed by atoms with Crippen LogP contribution in [0.4, 0.5) is 5.82 Å². The van der Waals surface area contributed by atoms with Crippen LogP contribution >= 0.6 is 0 Å². The number of hydrogen-bond donors (Lipinski definition) is 1. The number of aromatic nitrogens is 2. The zero-order valence-electron chi connectivity index (χ0n) is 10.5. The molecule has 4 nitrogen and oxygen atoms in total. The maximum Gasteiger partial charge on any atom is 0.148 e. The molecule has 1 N–H and O–H groups in total. The van der Waals surface area contributed by atoms with E-state index in [4.69, 9.17) is 0 Å². The Balaban J connectivity index is 1.99. The van der Waals surface area contributed by atoms with Crippen molar-refractivity contribution in [3.05, 3.63) is 30.5 Å². The van der Waals surface area contributed by atoms with Crippen LogP contribution in [0.1, 0.15) is 13.3 Å². The Kier molecular flexibility index (Phi) is 2.88. The van der Waals surface area contributed by atoms with Crippen molar-refractivity contribution in [3.8, 4) is 0 Å². The van der Waals surface area contributed by atoms with Gasteiger partial charge in [0, 0.05) is 6.54 Å². The van der Waals surface area contributed by atoms with Crippen molar-refractivity contribution in [2.45, 2.75) is 19.4 Å². The number of benzene rings is 1. The number of aliphatic hydroxyl groups is 1. The topological polar surface area (TPSA) is 49.2 Å². The van der Waals surface area contributed by atoms with Gasteiger partial charge in [0.05, 0.1) is 29.9 Å². The fourth-order valence-electron chi connectivity index (χ4n) is 2.66. The molecule has 1 fully saturated rings. The van der Waals surface area contributed by atoms with Gasteiger partial charge in [-0.15, -0.1) is 0 Å². The van der Waals surface area contributed by atoms with Gasteiger partial charge in [0.25, 0.3) is 0 Å². The van der Waals surface area contributed by atoms with Gasteiger partial charge in [-0.3, -0.25) is 4.98 Å². The van der Waals surface area contributed by atoms with E-state index in [9.17, 15) is 5.11 Å². The molecule has 0 aliphatic carbocycles. The van der Waals surface area contributed by atoms with Gasteiger partial charge >= 0.3 is 0 Å². The SMILES string of the molecule is CC1CCN(c2cnc3ccccc3n2)C1CO. The van der Waals surface area contributed by atoms with Crippen molar-refractivity contribution in [1.29, 1.82) is 0 Å². The minimum atomic E-state index is 0.167. The Labute approximate surface area is 106 Å². The third-order valence-electron chi connectivity index (χ3n) is 3.80. The predicted molar refractivity (Wildman–Crippen MR) is 71.5 cm³/mol. The zero-order valence-corrected chi connectivity index (χ0v) is 10.5. The number of fused-ring (bicyclic) bond motifs is 1. The molecule has 0 amide bonds. The molecular weight excluding hydrogens is 226 g/mol. The van der Waals surface area contributed by atoms with Gasteiger partial charge in [-0.2, -0.15) is 0 Å². The first-order valence-electron chi connectivity index (χ1n) is 6.39. The summed E-state index contributed by atoms with van der Waals surface area (Å²) >= 11 is 0. The van der Waals surface area contributed by atoms with E-state index in [1.165, 1.54) is 0 Å². The van der Waals surface area contributed by atoms with E-state index in [2.05, 4.69) is 21.8 Å². The van der Waals surface area contributed by atoms with E-state index >= 15 is 0 Å². The Bertz CT molecular complexity index is 557. The summed E-state index contributed by atoms with van der Waals surface area (Å²) in [6, 6.07) is 8.03. The Morgan fingerprint density at radius 2 is 2.11 bits per heavy atom. The summed E-state index contributed by atoms with van der Waals surface area (Å²) in [5, 5.41) is 9.49. The average molecular weight is 243 g/mol. The Hall–Kier alpha value is -1.68. The highest BCUT2D eigenvalue weighted by Gasteiger charge is 2.31. The minimum absolute atomic E-state index is 0.167. The second kappa shape index (κ2) is 4.53. The normalized spacial score (nSPS) is 23.8. The van der Waals surface area contributed by atoms with Gasteiger partial charge < -0.3 is 10.0 Å². The molecule has 1 aromatic heterocycles. The van der Waals surface area contributed by atoms with Gasteiger partial charge in [-0.25, -0.2) is 4.98 Å². The monoisotopic (exact) mass is 243 g/mol. The molecule has 0 saturated carbocycles. The lowest BCUT2D eigenvalue weighted by Gasteiger charge is -2.26. The molecule has 0 bridgehead atoms. The Morgan fingerprint density at radius 3 is 2.89 bits per heavy atom. The highest BCUT2D eigenvalue weighted by molar-refractivity contribution is 5.75. The molecule has 3 rings (SSSR count). The summed E-state index contributed by atoms with van der Waals surface area (Å²) < 4.78 is 0. The fraction of sp³-hybridized carbons (Fsp3) is 0.429. The van der Waals surface area contributed by atoms with E-state index in [0.29, 0.717) is 5.92 Å². The van der Waals surface area contributed by atoms with Crippen LogP contribution < -0.4 is 4.90 Å². The van der Waals surface area contributed by atoms with Crippen molar-refractivity contribution < 1.29 is 5.11 Å². The summed E-state index contributed by atoms with van der Waals surface area (Å²) in [5.41, 5.74) is 1.82. The largest absolute Gasteiger partial charge is 0.394 e. The van der Waals surface area contributed by atoms with E-state index in [1.54, 1.807) is 0 Å². The molecule has 94 valence electrons. The Morgan fingerprint density at radius 1 is 1.33 bits per heavy atom. The summed E-state index contributed by atoms with van der Waals surface area (Å²) in [5.74, 6) is 1.38. The van der Waals surface area contributed by atoms with E-state index in [-0.39, 0.29) is 12.6 Å². The maximum absolute atomic E-state index is 9.49. The number of anilines is 1. The van der Waals surface area contributed by atoms with Gasteiger partial charge in [0.1, 0.15) is 5.82 Å². The van der Waals surface area contributed by atoms with Crippen LogP contribution in [0.15, 0.2) is 30.5 Å². The smallest absolute Gasteiger partial charge is 0.148 e. The first kappa shape index (κ1) is 11.4. The van der Waals surface area contributed by atoms with Gasteiger partial charge in [0.15, 0.2) is 0 Å². The van der Waals surface area contributed by atoms with E-state index in [1.807, 2.05) is 30.5 Å². The van der Waals surface area contributed by atoms with E-state index in [0.717, 1.165) is 29.8 Å². The molecule has 1 saturated heterocycles. The van der Waals surface area contributed by atoms with Gasteiger partial charge in [-0.1, -0.05) is 19.1 Å². The lowest BCUT2D eigenvalue weighted by Crippen LogP contribution is -2.35. The lowest BCUT2D eigenvalue weighted by atomic mass is 10.0. The molecule has 2 atom stereocenters. The fourth-order valence-corrected chi connectivity index (χ4v) is 2.66. The highest BCUT2D eigenvalue weighted by atomic mass is 16.3. The van der Waals surface area contributed by atoms with Crippen LogP contribution in [-0.4, -0.2) is 34.3 Å². The first-order valence-corrected chi connectivity index (χ1v) is 6.39. The molecule has 1 aromatic carbocycles. The van der Waals surface area contributed by atoms with Crippen molar-refractivity contribution in [2.24, 2.45) is 5.92 Å². The number of hydrogen-bond acceptors (Lipinski definition) is 4. The van der Waals surface area contributed by atoms with Gasteiger partial charge in [0.2, 0.25) is 0 Å². The van der Waals surface area contributed by atoms with Crippen molar-refractivity contribution >= 4 is 16.9 Å². The quantitative estimate of drug-likeness (QED) is 0.874. The highest BCUT2D eigenvalue weighted by Crippen LogP contribution is 2.28. The van der Waals surface area contributed by atoms with Crippen LogP contribution in [0.3, 0.4) is 0 Å². The molecule has 18 heavy (non-hydrogen) atoms. The zero-order chi connectivity index (χ0) is 12.5. The third-order valence-corrected chi connectivity index (χ3v) is 3.80. The van der Waals surface area contributed by atoms with Crippen molar-refractivity contribution in [3.63, 3.8) is 0 Å². The summed E-state index contributed by atoms with van der Waals surface area (Å²) in [6.45, 7) is 3.30. The summed E-state index contributed by atoms with van der Waals surface area (Å²) in [4.78, 5) is 11.2. The second-order valence-corrected chi connectivity index (χ2v) is 4.93. The molecule has 0 spiro atoms. The number of aliphatic hydroxyl groups excluding tert-OH is 1. The van der Waals surface area contributed by atoms with Crippen LogP contribution in [0.25, 0.3) is 11.0 Å². The summed E-state index contributed by atoms with van der Waals surface area (Å²) in [6.07, 6.45) is 2.91. The van der Waals surface area contributed by atoms with Gasteiger partial charge in [-0.05, 0) is 24.5 Å². The van der Waals surface area contributed by atoms with E-state index < -0.39 is 0 Å². The number of rotatable bonds is 2. The maximum atomic E-state index is 9.49. The molecular formula is C14H17N3O. The number of para-hydroxylation sites is 2. The van der Waals surface area contributed by atoms with Crippen molar-refractivity contribution in [1.82, 2.24) is 9.97 Å². The molecule has 2 heterocycles. The lowest BCUT2D eigenvalue weighted by molar-refractivity contribution is 0.244. The molecule has 2 unspecified atom stereocenters. The van der Waals surface area contributed by atoms with Crippen molar-refractivity contribution in [2.75, 3.05) is 18.1 Å². The van der Waals surface area contributed by atoms with Crippen LogP contribution in [0.5, 0.6) is 0 Å². The van der Waals surface area contributed by atoms with Crippen LogP contribution in [0.2, 0.25) is 0 Å². The second-order valence-electron chi connectivity index (χ2n) is 4.93. The predicted octanol–water partition coefficient (Wildman–Crippen LogP) is 1.84. The summed E-state index contributed by atoms with van der Waals surface area (Å²) in [7, 11) is 0. The third kappa shape index (κ3) is 1.82. The molecule has 1 aliphatic rings. The molecule has 1 aliphatic heterocycles. The molecule has 2 aromatic rings. The number of nitrogens with zero attached hydrogens (tertiary/aromatic N) is 3.